The number of rotatable bonds is 2. The highest BCUT2D eigenvalue weighted by Gasteiger charge is 2.33. The Morgan fingerprint density at radius 3 is 2.83 bits per heavy atom. The van der Waals surface area contributed by atoms with Gasteiger partial charge in [0.25, 0.3) is 0 Å². The van der Waals surface area contributed by atoms with E-state index < -0.39 is 0 Å². The molecule has 1 N–H and O–H groups in total. The van der Waals surface area contributed by atoms with Crippen molar-refractivity contribution < 1.29 is 4.79 Å². The fourth-order valence-corrected chi connectivity index (χ4v) is 3.63. The van der Waals surface area contributed by atoms with Gasteiger partial charge in [-0.15, -0.1) is 11.6 Å². The molecule has 3 aromatic rings. The van der Waals surface area contributed by atoms with Crippen LogP contribution in [-0.2, 0) is 11.2 Å². The number of para-hydroxylation sites is 1. The number of carbonyl (C=O) groups is 1. The van der Waals surface area contributed by atoms with Crippen molar-refractivity contribution in [2.75, 3.05) is 12.4 Å². The standard InChI is InChI=1S/C18H16ClN3O/c19-11-16(23)22-10-7-14-13-3-1-2-4-15(13)21-17(14)18(22)12-5-8-20-9-6-12/h1-6,8-9,18,21H,7,10-11H2/t18-/m0/s1. The fourth-order valence-electron chi connectivity index (χ4n) is 3.48. The van der Waals surface area contributed by atoms with E-state index in [1.807, 2.05) is 29.2 Å². The normalized spacial score (nSPS) is 17.3. The van der Waals surface area contributed by atoms with Crippen LogP contribution in [0.3, 0.4) is 0 Å². The molecule has 4 nitrogen and oxygen atoms in total. The number of nitrogens with zero attached hydrogens (tertiary/aromatic N) is 2. The third kappa shape index (κ3) is 2.30. The molecule has 0 radical (unpaired) electrons. The van der Waals surface area contributed by atoms with Crippen LogP contribution >= 0.6 is 11.6 Å². The number of halogens is 1. The summed E-state index contributed by atoms with van der Waals surface area (Å²) in [4.78, 5) is 21.8. The van der Waals surface area contributed by atoms with Gasteiger partial charge in [0, 0.05) is 35.5 Å². The van der Waals surface area contributed by atoms with Crippen LogP contribution in [0.2, 0.25) is 0 Å². The third-order valence-electron chi connectivity index (χ3n) is 4.49. The van der Waals surface area contributed by atoms with Crippen molar-refractivity contribution >= 4 is 28.4 Å². The second-order valence-corrected chi connectivity index (χ2v) is 5.98. The predicted molar refractivity (Wildman–Crippen MR) is 90.5 cm³/mol. The molecule has 0 saturated heterocycles. The Kier molecular flexibility index (Phi) is 3.54. The number of benzene rings is 1. The average molecular weight is 326 g/mol. The first-order valence-corrected chi connectivity index (χ1v) is 8.18. The molecule has 116 valence electrons. The van der Waals surface area contributed by atoms with Gasteiger partial charge < -0.3 is 9.88 Å². The molecule has 0 unspecified atom stereocenters. The lowest BCUT2D eigenvalue weighted by atomic mass is 9.93. The first-order chi connectivity index (χ1) is 11.3. The summed E-state index contributed by atoms with van der Waals surface area (Å²) in [5.41, 5.74) is 4.53. The van der Waals surface area contributed by atoms with Crippen LogP contribution in [0.25, 0.3) is 10.9 Å². The topological polar surface area (TPSA) is 49.0 Å². The van der Waals surface area contributed by atoms with Crippen LogP contribution in [0.5, 0.6) is 0 Å². The average Bonchev–Trinajstić information content (AvgIpc) is 2.99. The van der Waals surface area contributed by atoms with Crippen LogP contribution in [0.15, 0.2) is 48.8 Å². The van der Waals surface area contributed by atoms with Crippen LogP contribution in [0.1, 0.15) is 22.9 Å². The number of H-pyrrole nitrogens is 1. The molecule has 5 heteroatoms. The van der Waals surface area contributed by atoms with E-state index in [2.05, 4.69) is 22.1 Å². The predicted octanol–water partition coefficient (Wildman–Crippen LogP) is 3.28. The van der Waals surface area contributed by atoms with Crippen LogP contribution in [-0.4, -0.2) is 33.2 Å². The summed E-state index contributed by atoms with van der Waals surface area (Å²) in [7, 11) is 0. The summed E-state index contributed by atoms with van der Waals surface area (Å²) in [6.45, 7) is 0.674. The summed E-state index contributed by atoms with van der Waals surface area (Å²) in [6, 6.07) is 12.1. The molecule has 1 aliphatic rings. The monoisotopic (exact) mass is 325 g/mol. The maximum Gasteiger partial charge on any atom is 0.238 e. The molecule has 0 spiro atoms. The minimum atomic E-state index is -0.139. The van der Waals surface area contributed by atoms with Gasteiger partial charge in [-0.3, -0.25) is 9.78 Å². The van der Waals surface area contributed by atoms with Gasteiger partial charge in [-0.1, -0.05) is 18.2 Å². The fraction of sp³-hybridized carbons (Fsp3) is 0.222. The number of carbonyl (C=O) groups excluding carboxylic acids is 1. The van der Waals surface area contributed by atoms with Crippen LogP contribution in [0, 0.1) is 0 Å². The van der Waals surface area contributed by atoms with Gasteiger partial charge in [0.05, 0.1) is 6.04 Å². The lowest BCUT2D eigenvalue weighted by Crippen LogP contribution is -2.41. The molecule has 2 aromatic heterocycles. The smallest absolute Gasteiger partial charge is 0.238 e. The first-order valence-electron chi connectivity index (χ1n) is 7.64. The zero-order valence-electron chi connectivity index (χ0n) is 12.5. The van der Waals surface area contributed by atoms with Crippen molar-refractivity contribution in [1.29, 1.82) is 0 Å². The molecular weight excluding hydrogens is 310 g/mol. The highest BCUT2D eigenvalue weighted by atomic mass is 35.5. The number of aromatic amines is 1. The maximum atomic E-state index is 12.3. The molecule has 23 heavy (non-hydrogen) atoms. The van der Waals surface area contributed by atoms with Gasteiger partial charge in [0.15, 0.2) is 0 Å². The third-order valence-corrected chi connectivity index (χ3v) is 4.72. The molecule has 1 aromatic carbocycles. The summed E-state index contributed by atoms with van der Waals surface area (Å²) in [6.07, 6.45) is 4.36. The zero-order chi connectivity index (χ0) is 15.8. The lowest BCUT2D eigenvalue weighted by molar-refractivity contribution is -0.130. The molecule has 3 heterocycles. The minimum Gasteiger partial charge on any atom is -0.356 e. The van der Waals surface area contributed by atoms with Crippen LogP contribution < -0.4 is 0 Å². The Morgan fingerprint density at radius 2 is 2.04 bits per heavy atom. The Labute approximate surface area is 139 Å². The maximum absolute atomic E-state index is 12.3. The van der Waals surface area contributed by atoms with Gasteiger partial charge >= 0.3 is 0 Å². The van der Waals surface area contributed by atoms with Gasteiger partial charge in [0.2, 0.25) is 5.91 Å². The number of pyridine rings is 1. The highest BCUT2D eigenvalue weighted by Crippen LogP contribution is 2.38. The Bertz CT molecular complexity index is 859. The summed E-state index contributed by atoms with van der Waals surface area (Å²) >= 11 is 5.83. The van der Waals surface area contributed by atoms with E-state index in [0.717, 1.165) is 23.2 Å². The summed E-state index contributed by atoms with van der Waals surface area (Å²) in [5.74, 6) is -0.0465. The van der Waals surface area contributed by atoms with Gasteiger partial charge in [-0.2, -0.15) is 0 Å². The lowest BCUT2D eigenvalue weighted by Gasteiger charge is -2.35. The van der Waals surface area contributed by atoms with E-state index in [1.54, 1.807) is 12.4 Å². The largest absolute Gasteiger partial charge is 0.356 e. The second-order valence-electron chi connectivity index (χ2n) is 5.72. The molecule has 0 saturated carbocycles. The Balaban J connectivity index is 1.92. The van der Waals surface area contributed by atoms with Gasteiger partial charge in [-0.25, -0.2) is 0 Å². The van der Waals surface area contributed by atoms with E-state index in [9.17, 15) is 4.79 Å². The molecule has 1 amide bonds. The molecular formula is C18H16ClN3O. The number of nitrogens with one attached hydrogen (secondary N) is 1. The summed E-state index contributed by atoms with van der Waals surface area (Å²) in [5, 5.41) is 1.24. The van der Waals surface area contributed by atoms with E-state index in [4.69, 9.17) is 11.6 Å². The molecule has 1 atom stereocenters. The van der Waals surface area contributed by atoms with Crippen molar-refractivity contribution in [2.24, 2.45) is 0 Å². The van der Waals surface area contributed by atoms with Gasteiger partial charge in [-0.05, 0) is 35.7 Å². The van der Waals surface area contributed by atoms with Crippen molar-refractivity contribution in [1.82, 2.24) is 14.9 Å². The number of aromatic nitrogens is 2. The zero-order valence-corrected chi connectivity index (χ0v) is 13.3. The highest BCUT2D eigenvalue weighted by molar-refractivity contribution is 6.27. The molecule has 0 fully saturated rings. The Morgan fingerprint density at radius 1 is 1.26 bits per heavy atom. The molecule has 4 rings (SSSR count). The van der Waals surface area contributed by atoms with Crippen LogP contribution in [0.4, 0.5) is 0 Å². The van der Waals surface area contributed by atoms with Crippen molar-refractivity contribution in [2.45, 2.75) is 12.5 Å². The number of amides is 1. The first kappa shape index (κ1) is 14.3. The second kappa shape index (κ2) is 5.70. The SMILES string of the molecule is O=C(CCl)N1CCc2c([nH]c3ccccc23)[C@@H]1c1ccncc1. The molecule has 0 bridgehead atoms. The van der Waals surface area contributed by atoms with Crippen molar-refractivity contribution in [3.63, 3.8) is 0 Å². The molecule has 0 aliphatic carbocycles. The van der Waals surface area contributed by atoms with E-state index in [1.165, 1.54) is 10.9 Å². The summed E-state index contributed by atoms with van der Waals surface area (Å²) < 4.78 is 0. The van der Waals surface area contributed by atoms with E-state index in [0.29, 0.717) is 6.54 Å². The molecule has 1 aliphatic heterocycles. The quantitative estimate of drug-likeness (QED) is 0.735. The Hall–Kier alpha value is -2.33. The van der Waals surface area contributed by atoms with E-state index in [-0.39, 0.29) is 17.8 Å². The number of fused-ring (bicyclic) bond motifs is 3. The van der Waals surface area contributed by atoms with Gasteiger partial charge in [0.1, 0.15) is 5.88 Å². The number of hydrogen-bond acceptors (Lipinski definition) is 2. The number of alkyl halides is 1. The van der Waals surface area contributed by atoms with E-state index >= 15 is 0 Å². The minimum absolute atomic E-state index is 0.00283. The van der Waals surface area contributed by atoms with Crippen molar-refractivity contribution in [3.8, 4) is 0 Å². The number of hydrogen-bond donors (Lipinski definition) is 1. The van der Waals surface area contributed by atoms with Crippen molar-refractivity contribution in [3.05, 3.63) is 65.6 Å².